The molecule has 38 heavy (non-hydrogen) atoms. The Bertz CT molecular complexity index is 1290. The Morgan fingerprint density at radius 2 is 1.89 bits per heavy atom. The van der Waals surface area contributed by atoms with E-state index in [0.29, 0.717) is 35.3 Å². The molecule has 1 amide bonds. The van der Waals surface area contributed by atoms with E-state index < -0.39 is 5.60 Å². The number of carbonyl (C=O) groups excluding carboxylic acids is 1. The highest BCUT2D eigenvalue weighted by molar-refractivity contribution is 5.73. The van der Waals surface area contributed by atoms with Gasteiger partial charge in [-0.15, -0.1) is 10.2 Å². The van der Waals surface area contributed by atoms with E-state index in [4.69, 9.17) is 9.47 Å². The van der Waals surface area contributed by atoms with Gasteiger partial charge in [-0.3, -0.25) is 0 Å². The van der Waals surface area contributed by atoms with Gasteiger partial charge in [0.05, 0.1) is 24.5 Å². The van der Waals surface area contributed by atoms with E-state index in [2.05, 4.69) is 25.1 Å². The first-order valence-electron chi connectivity index (χ1n) is 13.0. The predicted molar refractivity (Wildman–Crippen MR) is 143 cm³/mol. The average Bonchev–Trinajstić information content (AvgIpc) is 3.59. The number of aromatic hydroxyl groups is 1. The molecule has 2 aliphatic rings. The number of phenols is 1. The van der Waals surface area contributed by atoms with Gasteiger partial charge in [-0.1, -0.05) is 6.07 Å². The van der Waals surface area contributed by atoms with Gasteiger partial charge in [0.15, 0.2) is 5.82 Å². The number of nitrogens with zero attached hydrogens (tertiary/aromatic N) is 6. The van der Waals surface area contributed by atoms with Crippen LogP contribution >= 0.6 is 0 Å². The molecule has 1 aromatic carbocycles. The topological polar surface area (TPSA) is 114 Å². The van der Waals surface area contributed by atoms with E-state index in [0.717, 1.165) is 30.9 Å². The zero-order valence-electron chi connectivity index (χ0n) is 22.3. The summed E-state index contributed by atoms with van der Waals surface area (Å²) in [6, 6.07) is 10.8. The number of benzene rings is 1. The van der Waals surface area contributed by atoms with Crippen LogP contribution in [0.1, 0.15) is 40.0 Å². The maximum Gasteiger partial charge on any atom is 0.410 e. The van der Waals surface area contributed by atoms with Crippen LogP contribution in [0.25, 0.3) is 22.5 Å². The van der Waals surface area contributed by atoms with Crippen LogP contribution in [0.4, 0.5) is 10.6 Å². The summed E-state index contributed by atoms with van der Waals surface area (Å²) in [5.74, 6) is 1.85. The van der Waals surface area contributed by atoms with Crippen molar-refractivity contribution in [3.63, 3.8) is 0 Å². The molecule has 2 fully saturated rings. The molecular formula is C28H34N6O4. The van der Waals surface area contributed by atoms with E-state index in [1.807, 2.05) is 43.9 Å². The quantitative estimate of drug-likeness (QED) is 0.481. The Balaban J connectivity index is 1.27. The first kappa shape index (κ1) is 25.7. The second-order valence-electron chi connectivity index (χ2n) is 10.9. The first-order chi connectivity index (χ1) is 18.2. The van der Waals surface area contributed by atoms with Gasteiger partial charge in [0.25, 0.3) is 0 Å². The van der Waals surface area contributed by atoms with Crippen molar-refractivity contribution in [2.24, 2.45) is 5.92 Å². The van der Waals surface area contributed by atoms with E-state index in [-0.39, 0.29) is 17.9 Å². The number of hydrogen-bond donors (Lipinski definition) is 1. The van der Waals surface area contributed by atoms with Crippen molar-refractivity contribution in [2.45, 2.75) is 51.7 Å². The van der Waals surface area contributed by atoms with Crippen LogP contribution in [0, 0.1) is 5.92 Å². The Morgan fingerprint density at radius 3 is 2.55 bits per heavy atom. The number of aromatic nitrogens is 4. The molecule has 10 heteroatoms. The molecule has 3 heterocycles. The summed E-state index contributed by atoms with van der Waals surface area (Å²) < 4.78 is 10.9. The summed E-state index contributed by atoms with van der Waals surface area (Å²) >= 11 is 0. The monoisotopic (exact) mass is 518 g/mol. The average molecular weight is 519 g/mol. The molecule has 2 aromatic heterocycles. The lowest BCUT2D eigenvalue weighted by Gasteiger charge is -2.31. The minimum Gasteiger partial charge on any atom is -0.507 e. The van der Waals surface area contributed by atoms with Crippen molar-refractivity contribution < 1.29 is 19.4 Å². The SMILES string of the molecule is COc1cc(-c2ccc(-c3ccc(N4CC[C@@H](N(CC5CC5)C(=O)OC(C)(C)C)C4)nn3)c(O)c2)ncn1. The van der Waals surface area contributed by atoms with Crippen molar-refractivity contribution in [1.82, 2.24) is 25.1 Å². The van der Waals surface area contributed by atoms with Crippen molar-refractivity contribution >= 4 is 11.9 Å². The second-order valence-corrected chi connectivity index (χ2v) is 10.9. The highest BCUT2D eigenvalue weighted by Crippen LogP contribution is 2.34. The Hall–Kier alpha value is -3.95. The van der Waals surface area contributed by atoms with Crippen LogP contribution in [-0.4, -0.2) is 74.7 Å². The molecular weight excluding hydrogens is 484 g/mol. The van der Waals surface area contributed by atoms with Crippen LogP contribution in [-0.2, 0) is 4.74 Å². The molecule has 0 unspecified atom stereocenters. The first-order valence-corrected chi connectivity index (χ1v) is 13.0. The normalized spacial score (nSPS) is 17.4. The molecule has 1 saturated heterocycles. The van der Waals surface area contributed by atoms with Gasteiger partial charge in [0.1, 0.15) is 17.7 Å². The maximum atomic E-state index is 13.0. The van der Waals surface area contributed by atoms with Crippen LogP contribution in [0.2, 0.25) is 0 Å². The van der Waals surface area contributed by atoms with Gasteiger partial charge in [-0.05, 0) is 70.2 Å². The molecule has 0 radical (unpaired) electrons. The fraction of sp³-hybridized carbons (Fsp3) is 0.464. The summed E-state index contributed by atoms with van der Waals surface area (Å²) in [7, 11) is 1.54. The fourth-order valence-electron chi connectivity index (χ4n) is 4.63. The van der Waals surface area contributed by atoms with Crippen LogP contribution in [0.15, 0.2) is 42.7 Å². The number of ether oxygens (including phenoxy) is 2. The van der Waals surface area contributed by atoms with Crippen LogP contribution in [0.3, 0.4) is 0 Å². The standard InChI is InChI=1S/C28H34N6O4/c1-28(2,3)38-27(36)34(15-18-5-6-18)20-11-12-33(16-20)25-10-9-22(31-32-25)21-8-7-19(13-24(21)35)23-14-26(37-4)30-17-29-23/h7-10,13-14,17-18,20,35H,5-6,11-12,15-16H2,1-4H3/t20-/m1/s1. The number of carbonyl (C=O) groups is 1. The molecule has 10 nitrogen and oxygen atoms in total. The van der Waals surface area contributed by atoms with E-state index in [1.165, 1.54) is 19.2 Å². The van der Waals surface area contributed by atoms with Gasteiger partial charge >= 0.3 is 6.09 Å². The molecule has 5 rings (SSSR count). The molecule has 0 bridgehead atoms. The Kier molecular flexibility index (Phi) is 7.05. The van der Waals surface area contributed by atoms with Crippen molar-refractivity contribution in [3.8, 4) is 34.1 Å². The number of phenolic OH excluding ortho intramolecular Hbond substituents is 1. The summed E-state index contributed by atoms with van der Waals surface area (Å²) in [4.78, 5) is 25.3. The van der Waals surface area contributed by atoms with Gasteiger partial charge in [0, 0.05) is 36.8 Å². The third kappa shape index (κ3) is 5.95. The highest BCUT2D eigenvalue weighted by atomic mass is 16.6. The third-order valence-corrected chi connectivity index (χ3v) is 6.78. The number of rotatable bonds is 7. The van der Waals surface area contributed by atoms with E-state index in [9.17, 15) is 9.90 Å². The highest BCUT2D eigenvalue weighted by Gasteiger charge is 2.37. The van der Waals surface area contributed by atoms with Crippen molar-refractivity contribution in [1.29, 1.82) is 0 Å². The lowest BCUT2D eigenvalue weighted by molar-refractivity contribution is 0.0167. The van der Waals surface area contributed by atoms with Crippen molar-refractivity contribution in [3.05, 3.63) is 42.7 Å². The molecule has 1 N–H and O–H groups in total. The maximum absolute atomic E-state index is 13.0. The van der Waals surface area contributed by atoms with Gasteiger partial charge < -0.3 is 24.4 Å². The second kappa shape index (κ2) is 10.4. The smallest absolute Gasteiger partial charge is 0.410 e. The summed E-state index contributed by atoms with van der Waals surface area (Å²) in [5.41, 5.74) is 2.00. The molecule has 3 aromatic rings. The molecule has 0 spiro atoms. The van der Waals surface area contributed by atoms with E-state index in [1.54, 1.807) is 25.3 Å². The number of methoxy groups -OCH3 is 1. The van der Waals surface area contributed by atoms with E-state index >= 15 is 0 Å². The summed E-state index contributed by atoms with van der Waals surface area (Å²) in [6.07, 6.45) is 4.38. The predicted octanol–water partition coefficient (Wildman–Crippen LogP) is 4.54. The zero-order valence-corrected chi connectivity index (χ0v) is 22.3. The molecule has 1 atom stereocenters. The minimum absolute atomic E-state index is 0.0731. The lowest BCUT2D eigenvalue weighted by Crippen LogP contribution is -2.45. The van der Waals surface area contributed by atoms with Gasteiger partial charge in [-0.25, -0.2) is 14.8 Å². The minimum atomic E-state index is -0.524. The molecule has 200 valence electrons. The number of hydrogen-bond acceptors (Lipinski definition) is 9. The van der Waals surface area contributed by atoms with Crippen LogP contribution in [0.5, 0.6) is 11.6 Å². The number of amides is 1. The third-order valence-electron chi connectivity index (χ3n) is 6.78. The molecule has 1 aliphatic heterocycles. The van der Waals surface area contributed by atoms with Crippen molar-refractivity contribution in [2.75, 3.05) is 31.6 Å². The zero-order chi connectivity index (χ0) is 26.9. The Labute approximate surface area is 222 Å². The number of anilines is 1. The van der Waals surface area contributed by atoms with Gasteiger partial charge in [-0.2, -0.15) is 0 Å². The molecule has 1 aliphatic carbocycles. The van der Waals surface area contributed by atoms with Crippen LogP contribution < -0.4 is 9.64 Å². The summed E-state index contributed by atoms with van der Waals surface area (Å²) in [5, 5.41) is 19.6. The summed E-state index contributed by atoms with van der Waals surface area (Å²) in [6.45, 7) is 7.91. The Morgan fingerprint density at radius 1 is 1.08 bits per heavy atom. The van der Waals surface area contributed by atoms with Gasteiger partial charge in [0.2, 0.25) is 5.88 Å². The lowest BCUT2D eigenvalue weighted by atomic mass is 10.1. The largest absolute Gasteiger partial charge is 0.507 e. The fourth-order valence-corrected chi connectivity index (χ4v) is 4.63. The molecule has 1 saturated carbocycles.